The Hall–Kier alpha value is -3.38. The van der Waals surface area contributed by atoms with Crippen LogP contribution in [0.3, 0.4) is 0 Å². The number of hydrogen-bond donors (Lipinski definition) is 1. The molecular formula is C29H31N3O2S. The maximum absolute atomic E-state index is 13.3. The van der Waals surface area contributed by atoms with E-state index in [2.05, 4.69) is 22.2 Å². The van der Waals surface area contributed by atoms with Gasteiger partial charge in [0.2, 0.25) is 0 Å². The Morgan fingerprint density at radius 1 is 1.09 bits per heavy atom. The molecule has 1 saturated carbocycles. The highest BCUT2D eigenvalue weighted by atomic mass is 32.1. The fraction of sp³-hybridized carbons (Fsp3) is 0.310. The largest absolute Gasteiger partial charge is 0.497 e. The topological polar surface area (TPSA) is 56.1 Å². The molecule has 4 aromatic rings. The van der Waals surface area contributed by atoms with Gasteiger partial charge in [-0.1, -0.05) is 37.5 Å². The minimum absolute atomic E-state index is 0.0806. The average Bonchev–Trinajstić information content (AvgIpc) is 3.51. The van der Waals surface area contributed by atoms with E-state index < -0.39 is 0 Å². The molecule has 1 fully saturated rings. The number of para-hydroxylation sites is 1. The summed E-state index contributed by atoms with van der Waals surface area (Å²) in [6.07, 6.45) is 6.41. The number of ether oxygens (including phenoxy) is 1. The van der Waals surface area contributed by atoms with E-state index in [1.165, 1.54) is 32.1 Å². The van der Waals surface area contributed by atoms with Crippen molar-refractivity contribution in [1.82, 2.24) is 9.55 Å². The Labute approximate surface area is 210 Å². The molecule has 0 aliphatic heterocycles. The second-order valence-electron chi connectivity index (χ2n) is 9.23. The van der Waals surface area contributed by atoms with E-state index >= 15 is 0 Å². The fourth-order valence-corrected chi connectivity index (χ4v) is 5.75. The SMILES string of the molecule is COc1ccc(-c2nc(-c3cc(C(=O)Nc4ccccc4)c(C)n3CC3CCCCC3)cs2)cc1. The van der Waals surface area contributed by atoms with Gasteiger partial charge in [0.05, 0.1) is 24.1 Å². The normalized spacial score (nSPS) is 14.1. The van der Waals surface area contributed by atoms with Crippen LogP contribution in [0.1, 0.15) is 48.2 Å². The number of nitrogens with one attached hydrogen (secondary N) is 1. The molecule has 2 aromatic carbocycles. The number of anilines is 1. The lowest BCUT2D eigenvalue weighted by Crippen LogP contribution is -2.17. The van der Waals surface area contributed by atoms with Gasteiger partial charge in [-0.05, 0) is 68.1 Å². The maximum Gasteiger partial charge on any atom is 0.257 e. The Morgan fingerprint density at radius 2 is 1.83 bits per heavy atom. The molecule has 1 aliphatic rings. The Morgan fingerprint density at radius 3 is 2.54 bits per heavy atom. The lowest BCUT2D eigenvalue weighted by atomic mass is 9.89. The van der Waals surface area contributed by atoms with E-state index in [4.69, 9.17) is 9.72 Å². The molecule has 0 saturated heterocycles. The fourth-order valence-electron chi connectivity index (χ4n) is 4.93. The van der Waals surface area contributed by atoms with E-state index in [0.29, 0.717) is 11.5 Å². The van der Waals surface area contributed by atoms with Crippen molar-refractivity contribution in [2.75, 3.05) is 12.4 Å². The van der Waals surface area contributed by atoms with Gasteiger partial charge in [-0.2, -0.15) is 0 Å². The predicted octanol–water partition coefficient (Wildman–Crippen LogP) is 7.43. The number of carbonyl (C=O) groups excluding carboxylic acids is 1. The number of thiazole rings is 1. The average molecular weight is 486 g/mol. The highest BCUT2D eigenvalue weighted by molar-refractivity contribution is 7.13. The Kier molecular flexibility index (Phi) is 7.00. The number of hydrogen-bond acceptors (Lipinski definition) is 4. The second-order valence-corrected chi connectivity index (χ2v) is 10.1. The molecule has 1 amide bonds. The number of rotatable bonds is 7. The zero-order valence-electron chi connectivity index (χ0n) is 20.3. The van der Waals surface area contributed by atoms with Gasteiger partial charge in [0.15, 0.2) is 0 Å². The number of carbonyl (C=O) groups is 1. The molecule has 0 atom stereocenters. The predicted molar refractivity (Wildman–Crippen MR) is 143 cm³/mol. The van der Waals surface area contributed by atoms with Crippen molar-refractivity contribution in [3.8, 4) is 27.7 Å². The van der Waals surface area contributed by atoms with E-state index in [1.807, 2.05) is 60.7 Å². The second kappa shape index (κ2) is 10.5. The summed E-state index contributed by atoms with van der Waals surface area (Å²) in [5.74, 6) is 1.39. The van der Waals surface area contributed by atoms with Crippen LogP contribution in [0.2, 0.25) is 0 Å². The molecule has 5 rings (SSSR count). The summed E-state index contributed by atoms with van der Waals surface area (Å²) < 4.78 is 7.61. The lowest BCUT2D eigenvalue weighted by Gasteiger charge is -2.24. The Bertz CT molecular complexity index is 1290. The molecule has 0 spiro atoms. The smallest absolute Gasteiger partial charge is 0.257 e. The summed E-state index contributed by atoms with van der Waals surface area (Å²) in [7, 11) is 1.67. The number of nitrogens with zero attached hydrogens (tertiary/aromatic N) is 2. The van der Waals surface area contributed by atoms with Crippen LogP contribution in [0.4, 0.5) is 5.69 Å². The van der Waals surface area contributed by atoms with Crippen LogP contribution in [-0.4, -0.2) is 22.6 Å². The van der Waals surface area contributed by atoms with Crippen LogP contribution < -0.4 is 10.1 Å². The van der Waals surface area contributed by atoms with Gasteiger partial charge in [0.1, 0.15) is 10.8 Å². The molecule has 0 bridgehead atoms. The third kappa shape index (κ3) is 5.17. The van der Waals surface area contributed by atoms with E-state index in [-0.39, 0.29) is 5.91 Å². The van der Waals surface area contributed by atoms with Gasteiger partial charge in [0, 0.05) is 28.9 Å². The quantitative estimate of drug-likeness (QED) is 0.296. The van der Waals surface area contributed by atoms with Crippen molar-refractivity contribution in [3.05, 3.63) is 77.3 Å². The molecule has 1 N–H and O–H groups in total. The molecule has 0 radical (unpaired) electrons. The van der Waals surface area contributed by atoms with Crippen LogP contribution in [-0.2, 0) is 6.54 Å². The van der Waals surface area contributed by atoms with Crippen molar-refractivity contribution >= 4 is 22.9 Å². The summed E-state index contributed by atoms with van der Waals surface area (Å²) in [4.78, 5) is 18.2. The summed E-state index contributed by atoms with van der Waals surface area (Å²) in [5, 5.41) is 6.12. The van der Waals surface area contributed by atoms with Gasteiger partial charge in [-0.15, -0.1) is 11.3 Å². The minimum atomic E-state index is -0.0806. The van der Waals surface area contributed by atoms with Crippen LogP contribution in [0, 0.1) is 12.8 Å². The van der Waals surface area contributed by atoms with E-state index in [0.717, 1.165) is 45.6 Å². The van der Waals surface area contributed by atoms with Crippen LogP contribution in [0.15, 0.2) is 66.0 Å². The first-order valence-electron chi connectivity index (χ1n) is 12.3. The number of benzene rings is 2. The maximum atomic E-state index is 13.3. The van der Waals surface area contributed by atoms with Gasteiger partial charge in [-0.25, -0.2) is 4.98 Å². The van der Waals surface area contributed by atoms with Crippen molar-refractivity contribution in [3.63, 3.8) is 0 Å². The zero-order chi connectivity index (χ0) is 24.2. The molecule has 1 aliphatic carbocycles. The third-order valence-corrected chi connectivity index (χ3v) is 7.80. The van der Waals surface area contributed by atoms with Crippen molar-refractivity contribution in [2.24, 2.45) is 5.92 Å². The standard InChI is InChI=1S/C29H31N3O2S/c1-20-25(28(33)30-23-11-7-4-8-12-23)17-27(32(20)18-21-9-5-3-6-10-21)26-19-35-29(31-26)22-13-15-24(34-2)16-14-22/h4,7-8,11-17,19,21H,3,5-6,9-10,18H2,1-2H3,(H,30,33). The highest BCUT2D eigenvalue weighted by Crippen LogP contribution is 2.34. The van der Waals surface area contributed by atoms with Crippen LogP contribution in [0.5, 0.6) is 5.75 Å². The Balaban J connectivity index is 1.49. The zero-order valence-corrected chi connectivity index (χ0v) is 21.1. The first-order chi connectivity index (χ1) is 17.1. The first-order valence-corrected chi connectivity index (χ1v) is 13.2. The van der Waals surface area contributed by atoms with Crippen molar-refractivity contribution in [2.45, 2.75) is 45.6 Å². The monoisotopic (exact) mass is 485 g/mol. The van der Waals surface area contributed by atoms with Crippen LogP contribution in [0.25, 0.3) is 22.0 Å². The van der Waals surface area contributed by atoms with Gasteiger partial charge < -0.3 is 14.6 Å². The van der Waals surface area contributed by atoms with Crippen molar-refractivity contribution in [1.29, 1.82) is 0 Å². The van der Waals surface area contributed by atoms with E-state index in [9.17, 15) is 4.79 Å². The van der Waals surface area contributed by atoms with Crippen molar-refractivity contribution < 1.29 is 9.53 Å². The summed E-state index contributed by atoms with van der Waals surface area (Å²) in [6.45, 7) is 2.98. The summed E-state index contributed by atoms with van der Waals surface area (Å²) >= 11 is 1.63. The lowest BCUT2D eigenvalue weighted by molar-refractivity contribution is 0.102. The van der Waals surface area contributed by atoms with Gasteiger partial charge >= 0.3 is 0 Å². The van der Waals surface area contributed by atoms with Gasteiger partial charge in [-0.3, -0.25) is 4.79 Å². The molecule has 180 valence electrons. The summed E-state index contributed by atoms with van der Waals surface area (Å²) in [5.41, 5.74) is 5.50. The molecule has 5 nitrogen and oxygen atoms in total. The molecular weight excluding hydrogens is 454 g/mol. The molecule has 6 heteroatoms. The molecule has 35 heavy (non-hydrogen) atoms. The van der Waals surface area contributed by atoms with Gasteiger partial charge in [0.25, 0.3) is 5.91 Å². The number of amides is 1. The molecule has 2 heterocycles. The minimum Gasteiger partial charge on any atom is -0.497 e. The summed E-state index contributed by atoms with van der Waals surface area (Å²) in [6, 6.07) is 19.6. The number of aromatic nitrogens is 2. The molecule has 0 unspecified atom stereocenters. The van der Waals surface area contributed by atoms with Crippen LogP contribution >= 0.6 is 11.3 Å². The number of methoxy groups -OCH3 is 1. The first kappa shape index (κ1) is 23.4. The van der Waals surface area contributed by atoms with E-state index in [1.54, 1.807) is 18.4 Å². The highest BCUT2D eigenvalue weighted by Gasteiger charge is 2.23. The molecule has 2 aromatic heterocycles. The third-order valence-electron chi connectivity index (χ3n) is 6.91.